The number of aromatic hydroxyl groups is 1. The Kier molecular flexibility index (Phi) is 5.76. The van der Waals surface area contributed by atoms with Gasteiger partial charge in [-0.3, -0.25) is 4.79 Å². The van der Waals surface area contributed by atoms with Crippen LogP contribution in [0.25, 0.3) is 26.6 Å². The molecule has 32 heavy (non-hydrogen) atoms. The Morgan fingerprint density at radius 2 is 1.69 bits per heavy atom. The molecule has 0 fully saturated rings. The summed E-state index contributed by atoms with van der Waals surface area (Å²) in [6.07, 6.45) is -1.25. The summed E-state index contributed by atoms with van der Waals surface area (Å²) in [6, 6.07) is 16.8. The normalized spacial score (nSPS) is 11.9. The van der Waals surface area contributed by atoms with Crippen LogP contribution in [0.15, 0.2) is 72.8 Å². The lowest BCUT2D eigenvalue weighted by molar-refractivity contribution is -0.137. The second kappa shape index (κ2) is 8.51. The van der Waals surface area contributed by atoms with Crippen molar-refractivity contribution in [3.8, 4) is 27.7 Å². The lowest BCUT2D eigenvalue weighted by Crippen LogP contribution is -2.03. The Morgan fingerprint density at radius 3 is 2.31 bits per heavy atom. The van der Waals surface area contributed by atoms with Crippen LogP contribution >= 0.6 is 11.3 Å². The maximum absolute atomic E-state index is 13.0. The lowest BCUT2D eigenvalue weighted by atomic mass is 10.1. The van der Waals surface area contributed by atoms with Crippen molar-refractivity contribution >= 4 is 33.3 Å². The molecular formula is C25H17F3O3S. The van der Waals surface area contributed by atoms with Gasteiger partial charge in [0, 0.05) is 10.1 Å². The highest BCUT2D eigenvalue weighted by Crippen LogP contribution is 2.47. The van der Waals surface area contributed by atoms with Crippen molar-refractivity contribution in [1.82, 2.24) is 0 Å². The molecule has 0 unspecified atom stereocenters. The first-order valence-electron chi connectivity index (χ1n) is 9.60. The van der Waals surface area contributed by atoms with Crippen molar-refractivity contribution in [2.24, 2.45) is 0 Å². The van der Waals surface area contributed by atoms with Crippen molar-refractivity contribution in [3.05, 3.63) is 83.9 Å². The van der Waals surface area contributed by atoms with Crippen LogP contribution in [0.4, 0.5) is 13.2 Å². The fraction of sp³-hybridized carbons (Fsp3) is 0.0800. The Balaban J connectivity index is 1.74. The van der Waals surface area contributed by atoms with E-state index in [2.05, 4.69) is 0 Å². The number of ketones is 1. The topological polar surface area (TPSA) is 46.5 Å². The van der Waals surface area contributed by atoms with E-state index >= 15 is 0 Å². The molecule has 0 aliphatic rings. The largest absolute Gasteiger partial charge is 0.508 e. The number of benzene rings is 3. The van der Waals surface area contributed by atoms with E-state index in [9.17, 15) is 23.1 Å². The Hall–Kier alpha value is -3.58. The number of carbonyl (C=O) groups excluding carboxylic acids is 1. The molecule has 1 aromatic heterocycles. The molecule has 0 amide bonds. The molecule has 0 aliphatic carbocycles. The molecule has 4 aromatic rings. The first kappa shape index (κ1) is 21.6. The number of thiophene rings is 1. The van der Waals surface area contributed by atoms with Crippen LogP contribution in [0.3, 0.4) is 0 Å². The second-order valence-corrected chi connectivity index (χ2v) is 8.18. The van der Waals surface area contributed by atoms with Crippen LogP contribution in [0.2, 0.25) is 0 Å². The monoisotopic (exact) mass is 454 g/mol. The van der Waals surface area contributed by atoms with Gasteiger partial charge in [0.05, 0.1) is 10.4 Å². The van der Waals surface area contributed by atoms with E-state index in [-0.39, 0.29) is 11.5 Å². The van der Waals surface area contributed by atoms with Gasteiger partial charge in [-0.1, -0.05) is 30.3 Å². The number of fused-ring (bicyclic) bond motifs is 1. The minimum atomic E-state index is -4.41. The fourth-order valence-electron chi connectivity index (χ4n) is 3.14. The molecule has 4 rings (SSSR count). The van der Waals surface area contributed by atoms with Gasteiger partial charge < -0.3 is 9.84 Å². The SMILES string of the molecule is CC(=O)/C=C/c1ccc(Oc2c(-c3ccc(C(F)(F)F)cc3)sc3cc(O)ccc23)cc1. The highest BCUT2D eigenvalue weighted by molar-refractivity contribution is 7.22. The number of allylic oxidation sites excluding steroid dienone is 1. The molecule has 0 bridgehead atoms. The predicted octanol–water partition coefficient (Wildman–Crippen LogP) is 7.69. The Labute approximate surface area is 186 Å². The summed E-state index contributed by atoms with van der Waals surface area (Å²) in [4.78, 5) is 11.8. The van der Waals surface area contributed by atoms with E-state index in [0.717, 1.165) is 27.8 Å². The summed E-state index contributed by atoms with van der Waals surface area (Å²) in [7, 11) is 0. The number of alkyl halides is 3. The number of hydrogen-bond donors (Lipinski definition) is 1. The number of ether oxygens (including phenoxy) is 1. The Morgan fingerprint density at radius 1 is 1.00 bits per heavy atom. The molecule has 0 atom stereocenters. The van der Waals surface area contributed by atoms with E-state index in [0.29, 0.717) is 21.9 Å². The van der Waals surface area contributed by atoms with E-state index < -0.39 is 11.7 Å². The molecule has 1 N–H and O–H groups in total. The van der Waals surface area contributed by atoms with Gasteiger partial charge in [0.1, 0.15) is 11.5 Å². The quantitative estimate of drug-likeness (QED) is 0.315. The average molecular weight is 454 g/mol. The number of halogens is 3. The maximum Gasteiger partial charge on any atom is 0.416 e. The van der Waals surface area contributed by atoms with Crippen molar-refractivity contribution in [2.45, 2.75) is 13.1 Å². The van der Waals surface area contributed by atoms with Crippen LogP contribution < -0.4 is 4.74 Å². The lowest BCUT2D eigenvalue weighted by Gasteiger charge is -2.10. The zero-order valence-electron chi connectivity index (χ0n) is 16.8. The molecular weight excluding hydrogens is 437 g/mol. The van der Waals surface area contributed by atoms with Gasteiger partial charge in [-0.05, 0) is 66.6 Å². The van der Waals surface area contributed by atoms with Crippen molar-refractivity contribution < 1.29 is 27.8 Å². The molecule has 0 saturated carbocycles. The summed E-state index contributed by atoms with van der Waals surface area (Å²) in [5.41, 5.74) is 0.682. The summed E-state index contributed by atoms with van der Waals surface area (Å²) < 4.78 is 45.8. The molecule has 7 heteroatoms. The summed E-state index contributed by atoms with van der Waals surface area (Å²) in [5.74, 6) is 1.06. The van der Waals surface area contributed by atoms with Gasteiger partial charge in [0.2, 0.25) is 0 Å². The standard InChI is InChI=1S/C25H17F3O3S/c1-15(29)2-3-16-4-11-20(12-5-16)31-23-21-13-10-19(30)14-22(21)32-24(23)17-6-8-18(9-7-17)25(26,27)28/h2-14,30H,1H3/b3-2+. The second-order valence-electron chi connectivity index (χ2n) is 7.13. The third-order valence-corrected chi connectivity index (χ3v) is 5.90. The molecule has 3 nitrogen and oxygen atoms in total. The van der Waals surface area contributed by atoms with Crippen LogP contribution in [0.5, 0.6) is 17.2 Å². The average Bonchev–Trinajstić information content (AvgIpc) is 3.10. The van der Waals surface area contributed by atoms with E-state index in [1.807, 2.05) is 0 Å². The van der Waals surface area contributed by atoms with Crippen LogP contribution in [0.1, 0.15) is 18.1 Å². The third kappa shape index (κ3) is 4.68. The van der Waals surface area contributed by atoms with Gasteiger partial charge in [-0.15, -0.1) is 11.3 Å². The Bertz CT molecular complexity index is 1300. The molecule has 162 valence electrons. The molecule has 0 saturated heterocycles. The summed E-state index contributed by atoms with van der Waals surface area (Å²) >= 11 is 1.32. The van der Waals surface area contributed by atoms with Gasteiger partial charge >= 0.3 is 6.18 Å². The number of phenols is 1. The highest BCUT2D eigenvalue weighted by atomic mass is 32.1. The number of carbonyl (C=O) groups is 1. The van der Waals surface area contributed by atoms with Crippen molar-refractivity contribution in [1.29, 1.82) is 0 Å². The molecule has 0 spiro atoms. The highest BCUT2D eigenvalue weighted by Gasteiger charge is 2.30. The van der Waals surface area contributed by atoms with Crippen LogP contribution in [-0.4, -0.2) is 10.9 Å². The minimum Gasteiger partial charge on any atom is -0.508 e. The summed E-state index contributed by atoms with van der Waals surface area (Å²) in [5, 5.41) is 10.6. The minimum absolute atomic E-state index is 0.0560. The molecule has 0 radical (unpaired) electrons. The molecule has 1 heterocycles. The van der Waals surface area contributed by atoms with E-state index in [1.54, 1.807) is 42.5 Å². The number of hydrogen-bond acceptors (Lipinski definition) is 4. The first-order chi connectivity index (χ1) is 15.2. The van der Waals surface area contributed by atoms with Gasteiger partial charge in [0.15, 0.2) is 11.5 Å². The zero-order chi connectivity index (χ0) is 22.9. The predicted molar refractivity (Wildman–Crippen MR) is 120 cm³/mol. The van der Waals surface area contributed by atoms with E-state index in [1.165, 1.54) is 42.5 Å². The van der Waals surface area contributed by atoms with Gasteiger partial charge in [0.25, 0.3) is 0 Å². The summed E-state index contributed by atoms with van der Waals surface area (Å²) in [6.45, 7) is 1.47. The third-order valence-electron chi connectivity index (χ3n) is 4.71. The van der Waals surface area contributed by atoms with Crippen LogP contribution in [0, 0.1) is 0 Å². The zero-order valence-corrected chi connectivity index (χ0v) is 17.6. The molecule has 0 aliphatic heterocycles. The smallest absolute Gasteiger partial charge is 0.416 e. The fourth-order valence-corrected chi connectivity index (χ4v) is 4.31. The van der Waals surface area contributed by atoms with Crippen molar-refractivity contribution in [3.63, 3.8) is 0 Å². The first-order valence-corrected chi connectivity index (χ1v) is 10.4. The van der Waals surface area contributed by atoms with E-state index in [4.69, 9.17) is 4.74 Å². The maximum atomic E-state index is 13.0. The molecule has 3 aromatic carbocycles. The van der Waals surface area contributed by atoms with Crippen LogP contribution in [-0.2, 0) is 11.0 Å². The van der Waals surface area contributed by atoms with Gasteiger partial charge in [-0.25, -0.2) is 0 Å². The van der Waals surface area contributed by atoms with Crippen molar-refractivity contribution in [2.75, 3.05) is 0 Å². The van der Waals surface area contributed by atoms with Gasteiger partial charge in [-0.2, -0.15) is 13.2 Å². The number of phenolic OH excluding ortho intramolecular Hbond substituents is 1. The number of rotatable bonds is 5.